The number of hydrogen-bond acceptors (Lipinski definition) is 6. The number of hydrogen-bond donors (Lipinski definition) is 4. The first-order valence-electron chi connectivity index (χ1n) is 14.3. The Balaban J connectivity index is 1.66. The Labute approximate surface area is 248 Å². The molecule has 0 fully saturated rings. The van der Waals surface area contributed by atoms with Gasteiger partial charge in [-0.3, -0.25) is 4.79 Å². The van der Waals surface area contributed by atoms with E-state index >= 15 is 0 Å². The van der Waals surface area contributed by atoms with Gasteiger partial charge in [0.1, 0.15) is 6.04 Å². The van der Waals surface area contributed by atoms with E-state index in [9.17, 15) is 14.7 Å². The standard InChI is InChI=1S/C32H45N5O3S/c1-21(2)29(36-32(40)37(5)19-26-20-41-31(35-26)22(3)4)30(39)34-25(16-23-12-8-6-9-13-23)18-28(38)27(33)17-24-14-10-7-11-15-24/h6-15,20-22,25,27-29,38H,16-19,33H2,1-5H3,(H,34,39)(H,36,40)/t25-,27-,28-,29-/m0/s1. The lowest BCUT2D eigenvalue weighted by Gasteiger charge is -2.29. The van der Waals surface area contributed by atoms with Gasteiger partial charge in [-0.25, -0.2) is 9.78 Å². The summed E-state index contributed by atoms with van der Waals surface area (Å²) in [4.78, 5) is 32.8. The quantitative estimate of drug-likeness (QED) is 0.224. The number of carbonyl (C=O) groups is 2. The molecule has 9 heteroatoms. The van der Waals surface area contributed by atoms with Gasteiger partial charge in [0.15, 0.2) is 0 Å². The van der Waals surface area contributed by atoms with Crippen LogP contribution in [0.25, 0.3) is 0 Å². The first-order chi connectivity index (χ1) is 19.5. The van der Waals surface area contributed by atoms with Crippen LogP contribution >= 0.6 is 11.3 Å². The minimum absolute atomic E-state index is 0.151. The number of thiazole rings is 1. The van der Waals surface area contributed by atoms with Crippen LogP contribution in [0.3, 0.4) is 0 Å². The number of nitrogens with zero attached hydrogens (tertiary/aromatic N) is 2. The second-order valence-corrected chi connectivity index (χ2v) is 12.3. The van der Waals surface area contributed by atoms with Gasteiger partial charge < -0.3 is 26.4 Å². The molecular weight excluding hydrogens is 534 g/mol. The number of urea groups is 1. The Kier molecular flexibility index (Phi) is 12.3. The molecule has 5 N–H and O–H groups in total. The number of nitrogens with two attached hydrogens (primary N) is 1. The number of aliphatic hydroxyl groups excluding tert-OH is 1. The average molecular weight is 580 g/mol. The first-order valence-corrected chi connectivity index (χ1v) is 15.2. The molecule has 1 aromatic heterocycles. The van der Waals surface area contributed by atoms with Crippen LogP contribution < -0.4 is 16.4 Å². The highest BCUT2D eigenvalue weighted by Gasteiger charge is 2.29. The highest BCUT2D eigenvalue weighted by Crippen LogP contribution is 2.20. The molecule has 0 radical (unpaired) electrons. The summed E-state index contributed by atoms with van der Waals surface area (Å²) >= 11 is 1.59. The fraction of sp³-hybridized carbons (Fsp3) is 0.469. The van der Waals surface area contributed by atoms with E-state index in [-0.39, 0.29) is 30.3 Å². The largest absolute Gasteiger partial charge is 0.391 e. The van der Waals surface area contributed by atoms with Crippen molar-refractivity contribution in [1.82, 2.24) is 20.5 Å². The van der Waals surface area contributed by atoms with Gasteiger partial charge in [0.05, 0.1) is 23.4 Å². The maximum absolute atomic E-state index is 13.6. The molecule has 0 saturated carbocycles. The molecule has 0 unspecified atom stereocenters. The molecule has 0 bridgehead atoms. The van der Waals surface area contributed by atoms with Gasteiger partial charge >= 0.3 is 6.03 Å². The number of aliphatic hydroxyl groups is 1. The second-order valence-electron chi connectivity index (χ2n) is 11.4. The molecule has 8 nitrogen and oxygen atoms in total. The van der Waals surface area contributed by atoms with Crippen molar-refractivity contribution in [1.29, 1.82) is 0 Å². The lowest BCUT2D eigenvalue weighted by Crippen LogP contribution is -2.55. The van der Waals surface area contributed by atoms with Gasteiger partial charge in [0.2, 0.25) is 5.91 Å². The highest BCUT2D eigenvalue weighted by atomic mass is 32.1. The van der Waals surface area contributed by atoms with Gasteiger partial charge in [-0.15, -0.1) is 11.3 Å². The van der Waals surface area contributed by atoms with Crippen molar-refractivity contribution in [3.05, 3.63) is 87.9 Å². The molecule has 3 rings (SSSR count). The van der Waals surface area contributed by atoms with Crippen molar-refractivity contribution in [3.8, 4) is 0 Å². The molecule has 0 saturated heterocycles. The Bertz CT molecular complexity index is 1220. The zero-order valence-corrected chi connectivity index (χ0v) is 25.6. The molecule has 222 valence electrons. The average Bonchev–Trinajstić information content (AvgIpc) is 3.41. The zero-order valence-electron chi connectivity index (χ0n) is 24.8. The fourth-order valence-electron chi connectivity index (χ4n) is 4.62. The molecule has 3 aromatic rings. The van der Waals surface area contributed by atoms with Crippen molar-refractivity contribution in [2.45, 2.75) is 83.6 Å². The minimum Gasteiger partial charge on any atom is -0.391 e. The van der Waals surface area contributed by atoms with Crippen molar-refractivity contribution in [2.24, 2.45) is 11.7 Å². The van der Waals surface area contributed by atoms with Gasteiger partial charge in [-0.2, -0.15) is 0 Å². The number of carbonyl (C=O) groups excluding carboxylic acids is 2. The predicted molar refractivity (Wildman–Crippen MR) is 166 cm³/mol. The van der Waals surface area contributed by atoms with E-state index in [2.05, 4.69) is 29.5 Å². The van der Waals surface area contributed by atoms with Crippen LogP contribution in [0.2, 0.25) is 0 Å². The summed E-state index contributed by atoms with van der Waals surface area (Å²) in [5.41, 5.74) is 9.29. The Morgan fingerprint density at radius 3 is 2.07 bits per heavy atom. The van der Waals surface area contributed by atoms with Crippen molar-refractivity contribution in [2.75, 3.05) is 7.05 Å². The summed E-state index contributed by atoms with van der Waals surface area (Å²) in [6.07, 6.45) is 0.525. The van der Waals surface area contributed by atoms with Crippen LogP contribution in [-0.4, -0.2) is 58.2 Å². The van der Waals surface area contributed by atoms with Gasteiger partial charge in [0, 0.05) is 30.4 Å². The fourth-order valence-corrected chi connectivity index (χ4v) is 5.45. The third-order valence-electron chi connectivity index (χ3n) is 7.04. The van der Waals surface area contributed by atoms with Crippen LogP contribution in [0.5, 0.6) is 0 Å². The van der Waals surface area contributed by atoms with Crippen molar-refractivity contribution < 1.29 is 14.7 Å². The van der Waals surface area contributed by atoms with E-state index in [0.717, 1.165) is 21.8 Å². The third kappa shape index (κ3) is 10.3. The molecule has 0 aliphatic heterocycles. The van der Waals surface area contributed by atoms with E-state index in [4.69, 9.17) is 5.73 Å². The van der Waals surface area contributed by atoms with E-state index in [1.54, 1.807) is 18.4 Å². The van der Waals surface area contributed by atoms with Crippen LogP contribution in [-0.2, 0) is 24.2 Å². The third-order valence-corrected chi connectivity index (χ3v) is 8.24. The normalized spacial score (nSPS) is 14.4. The maximum Gasteiger partial charge on any atom is 0.318 e. The lowest BCUT2D eigenvalue weighted by molar-refractivity contribution is -0.124. The SMILES string of the molecule is CC(C)c1nc(CN(C)C(=O)N[C@H](C(=O)N[C@@H](Cc2ccccc2)C[C@H](O)[C@@H](N)Cc2ccccc2)C(C)C)cs1. The number of nitrogens with one attached hydrogen (secondary N) is 2. The summed E-state index contributed by atoms with van der Waals surface area (Å²) in [6, 6.07) is 17.7. The molecule has 3 amide bonds. The zero-order chi connectivity index (χ0) is 29.9. The molecule has 0 aliphatic rings. The van der Waals surface area contributed by atoms with Crippen LogP contribution in [0.4, 0.5) is 4.79 Å². The van der Waals surface area contributed by atoms with Crippen LogP contribution in [0.1, 0.15) is 61.9 Å². The molecule has 4 atom stereocenters. The van der Waals surface area contributed by atoms with Gasteiger partial charge in [-0.1, -0.05) is 88.4 Å². The summed E-state index contributed by atoms with van der Waals surface area (Å²) in [5.74, 6) is -0.110. The number of amides is 3. The minimum atomic E-state index is -0.823. The molecule has 41 heavy (non-hydrogen) atoms. The second kappa shape index (κ2) is 15.7. The smallest absolute Gasteiger partial charge is 0.318 e. The lowest BCUT2D eigenvalue weighted by atomic mass is 9.93. The van der Waals surface area contributed by atoms with Crippen LogP contribution in [0.15, 0.2) is 66.0 Å². The summed E-state index contributed by atoms with van der Waals surface area (Å²) in [6.45, 7) is 8.33. The maximum atomic E-state index is 13.6. The van der Waals surface area contributed by atoms with E-state index in [0.29, 0.717) is 25.3 Å². The molecule has 2 aromatic carbocycles. The molecular formula is C32H45N5O3S. The Morgan fingerprint density at radius 2 is 1.54 bits per heavy atom. The highest BCUT2D eigenvalue weighted by molar-refractivity contribution is 7.09. The summed E-state index contributed by atoms with van der Waals surface area (Å²) < 4.78 is 0. The van der Waals surface area contributed by atoms with E-state index < -0.39 is 18.2 Å². The monoisotopic (exact) mass is 579 g/mol. The summed E-state index contributed by atoms with van der Waals surface area (Å²) in [5, 5.41) is 20.0. The van der Waals surface area contributed by atoms with Gasteiger partial charge in [-0.05, 0) is 36.3 Å². The van der Waals surface area contributed by atoms with Gasteiger partial charge in [0.25, 0.3) is 0 Å². The Hall–Kier alpha value is -3.27. The topological polar surface area (TPSA) is 121 Å². The van der Waals surface area contributed by atoms with Crippen molar-refractivity contribution >= 4 is 23.3 Å². The number of benzene rings is 2. The Morgan fingerprint density at radius 1 is 0.951 bits per heavy atom. The first kappa shape index (κ1) is 32.2. The molecule has 0 aliphatic carbocycles. The van der Waals surface area contributed by atoms with E-state index in [1.807, 2.05) is 79.9 Å². The number of aromatic nitrogens is 1. The van der Waals surface area contributed by atoms with E-state index in [1.165, 1.54) is 4.90 Å². The summed E-state index contributed by atoms with van der Waals surface area (Å²) in [7, 11) is 1.70. The van der Waals surface area contributed by atoms with Crippen molar-refractivity contribution in [3.63, 3.8) is 0 Å². The van der Waals surface area contributed by atoms with Crippen LogP contribution in [0, 0.1) is 5.92 Å². The molecule has 1 heterocycles. The predicted octanol–water partition coefficient (Wildman–Crippen LogP) is 4.48. The molecule has 0 spiro atoms. The number of rotatable bonds is 14.